The Hall–Kier alpha value is 0.500. The van der Waals surface area contributed by atoms with Gasteiger partial charge in [0.25, 0.3) is 5.91 Å². The van der Waals surface area contributed by atoms with Crippen molar-refractivity contribution in [2.45, 2.75) is 4.84 Å². The zero-order chi connectivity index (χ0) is 7.44. The van der Waals surface area contributed by atoms with Crippen LogP contribution in [0.15, 0.2) is 4.99 Å². The maximum atomic E-state index is 10.3. The van der Waals surface area contributed by atoms with Gasteiger partial charge in [0.05, 0.1) is 0 Å². The van der Waals surface area contributed by atoms with Crippen molar-refractivity contribution in [2.75, 3.05) is 0 Å². The topological polar surface area (TPSA) is 29.4 Å². The van der Waals surface area contributed by atoms with Gasteiger partial charge in [-0.1, -0.05) is 23.2 Å². The van der Waals surface area contributed by atoms with Gasteiger partial charge in [-0.3, -0.25) is 4.79 Å². The molecule has 0 spiro atoms. The van der Waals surface area contributed by atoms with Crippen molar-refractivity contribution >= 4 is 56.9 Å². The number of carbonyl (C=O) groups excluding carboxylic acids is 1. The molecule has 0 aromatic carbocycles. The van der Waals surface area contributed by atoms with Crippen LogP contribution in [0.1, 0.15) is 0 Å². The second kappa shape index (κ2) is 4.34. The molecule has 0 saturated carbocycles. The molecule has 0 bridgehead atoms. The molecule has 0 aliphatic rings. The van der Waals surface area contributed by atoms with Gasteiger partial charge in [0.2, 0.25) is 0 Å². The standard InChI is InChI=1S/C3HCl4NO/c4-1(5)2(9)8-3(6)7/h1H. The fourth-order valence-corrected chi connectivity index (χ4v) is 0.396. The number of amides is 1. The summed E-state index contributed by atoms with van der Waals surface area (Å²) in [5.41, 5.74) is 0. The molecule has 0 rings (SSSR count). The summed E-state index contributed by atoms with van der Waals surface area (Å²) in [6, 6.07) is 0. The van der Waals surface area contributed by atoms with Crippen molar-refractivity contribution in [1.82, 2.24) is 0 Å². The minimum atomic E-state index is -1.20. The Labute approximate surface area is 71.7 Å². The molecule has 0 radical (unpaired) electrons. The zero-order valence-electron chi connectivity index (χ0n) is 3.94. The highest BCUT2D eigenvalue weighted by molar-refractivity contribution is 6.96. The first-order chi connectivity index (χ1) is 4.04. The van der Waals surface area contributed by atoms with Crippen LogP contribution in [0, 0.1) is 0 Å². The van der Waals surface area contributed by atoms with E-state index < -0.39 is 15.4 Å². The third-order valence-electron chi connectivity index (χ3n) is 0.381. The Kier molecular flexibility index (Phi) is 4.58. The van der Waals surface area contributed by atoms with E-state index in [1.807, 2.05) is 0 Å². The highest BCUT2D eigenvalue weighted by Crippen LogP contribution is 2.05. The van der Waals surface area contributed by atoms with Gasteiger partial charge >= 0.3 is 0 Å². The Morgan fingerprint density at radius 3 is 1.89 bits per heavy atom. The number of hydrogen-bond acceptors (Lipinski definition) is 1. The number of carbonyl (C=O) groups is 1. The number of alkyl halides is 2. The van der Waals surface area contributed by atoms with Gasteiger partial charge in [-0.2, -0.15) is 4.99 Å². The molecular weight excluding hydrogens is 208 g/mol. The van der Waals surface area contributed by atoms with Crippen LogP contribution in [-0.4, -0.2) is 15.4 Å². The molecule has 0 heterocycles. The molecule has 0 unspecified atom stereocenters. The summed E-state index contributed by atoms with van der Waals surface area (Å²) in [5.74, 6) is -0.765. The first kappa shape index (κ1) is 9.50. The van der Waals surface area contributed by atoms with Crippen LogP contribution in [0.2, 0.25) is 0 Å². The van der Waals surface area contributed by atoms with Crippen molar-refractivity contribution in [3.63, 3.8) is 0 Å². The summed E-state index contributed by atoms with van der Waals surface area (Å²) < 4.78 is -0.397. The molecule has 0 fully saturated rings. The second-order valence-electron chi connectivity index (χ2n) is 0.991. The summed E-state index contributed by atoms with van der Waals surface area (Å²) in [4.78, 5) is 12.2. The normalized spacial score (nSPS) is 9.44. The van der Waals surface area contributed by atoms with Crippen molar-refractivity contribution < 1.29 is 4.79 Å². The van der Waals surface area contributed by atoms with Crippen molar-refractivity contribution in [3.05, 3.63) is 0 Å². The molecular formula is C3HCl4NO. The minimum Gasteiger partial charge on any atom is -0.269 e. The van der Waals surface area contributed by atoms with Crippen molar-refractivity contribution in [3.8, 4) is 0 Å². The van der Waals surface area contributed by atoms with E-state index in [2.05, 4.69) is 4.99 Å². The van der Waals surface area contributed by atoms with Gasteiger partial charge in [0.1, 0.15) is 0 Å². The predicted octanol–water partition coefficient (Wildman–Crippen LogP) is 2.15. The quantitative estimate of drug-likeness (QED) is 0.480. The first-order valence-electron chi connectivity index (χ1n) is 1.75. The monoisotopic (exact) mass is 207 g/mol. The van der Waals surface area contributed by atoms with E-state index in [-0.39, 0.29) is 0 Å². The average Bonchev–Trinajstić information content (AvgIpc) is 1.63. The molecule has 2 nitrogen and oxygen atoms in total. The molecule has 1 amide bonds. The number of hydrogen-bond donors (Lipinski definition) is 0. The van der Waals surface area contributed by atoms with E-state index in [9.17, 15) is 4.79 Å². The molecule has 0 saturated heterocycles. The van der Waals surface area contributed by atoms with Gasteiger partial charge in [-0.05, 0) is 23.2 Å². The van der Waals surface area contributed by atoms with Crippen LogP contribution in [0.25, 0.3) is 0 Å². The van der Waals surface area contributed by atoms with Crippen LogP contribution in [-0.2, 0) is 4.79 Å². The molecule has 0 aliphatic heterocycles. The summed E-state index contributed by atoms with van der Waals surface area (Å²) in [6.45, 7) is 0. The smallest absolute Gasteiger partial charge is 0.269 e. The lowest BCUT2D eigenvalue weighted by Gasteiger charge is -1.89. The van der Waals surface area contributed by atoms with Crippen molar-refractivity contribution in [1.29, 1.82) is 0 Å². The average molecular weight is 209 g/mol. The molecule has 0 N–H and O–H groups in total. The third kappa shape index (κ3) is 4.97. The van der Waals surface area contributed by atoms with Crippen LogP contribution in [0.3, 0.4) is 0 Å². The first-order valence-corrected chi connectivity index (χ1v) is 3.38. The van der Waals surface area contributed by atoms with Gasteiger partial charge in [0, 0.05) is 0 Å². The highest BCUT2D eigenvalue weighted by atomic mass is 35.5. The molecule has 0 aliphatic carbocycles. The molecule has 6 heteroatoms. The van der Waals surface area contributed by atoms with E-state index in [1.165, 1.54) is 0 Å². The Balaban J connectivity index is 3.93. The summed E-state index contributed by atoms with van der Waals surface area (Å²) in [7, 11) is 0. The Bertz CT molecular complexity index is 139. The Morgan fingerprint density at radius 2 is 1.78 bits per heavy atom. The third-order valence-corrected chi connectivity index (χ3v) is 0.924. The summed E-state index contributed by atoms with van der Waals surface area (Å²) in [6.07, 6.45) is 0. The van der Waals surface area contributed by atoms with E-state index in [0.29, 0.717) is 0 Å². The maximum Gasteiger partial charge on any atom is 0.281 e. The van der Waals surface area contributed by atoms with E-state index in [4.69, 9.17) is 46.4 Å². The fourth-order valence-electron chi connectivity index (χ4n) is 0.132. The lowest BCUT2D eigenvalue weighted by molar-refractivity contribution is -0.116. The van der Waals surface area contributed by atoms with Gasteiger partial charge in [-0.25, -0.2) is 0 Å². The molecule has 9 heavy (non-hydrogen) atoms. The fraction of sp³-hybridized carbons (Fsp3) is 0.333. The molecule has 52 valence electrons. The van der Waals surface area contributed by atoms with Crippen LogP contribution < -0.4 is 0 Å². The maximum absolute atomic E-state index is 10.3. The lowest BCUT2D eigenvalue weighted by atomic mass is 10.7. The number of rotatable bonds is 1. The van der Waals surface area contributed by atoms with Gasteiger partial charge < -0.3 is 0 Å². The highest BCUT2D eigenvalue weighted by Gasteiger charge is 2.09. The SMILES string of the molecule is O=C(N=C(Cl)Cl)C(Cl)Cl. The summed E-state index contributed by atoms with van der Waals surface area (Å²) >= 11 is 20.1. The minimum absolute atomic E-state index is 0.397. The van der Waals surface area contributed by atoms with Gasteiger partial charge in [-0.15, -0.1) is 0 Å². The number of nitrogens with zero attached hydrogens (tertiary/aromatic N) is 1. The largest absolute Gasteiger partial charge is 0.281 e. The van der Waals surface area contributed by atoms with E-state index in [1.54, 1.807) is 0 Å². The number of halogens is 4. The lowest BCUT2D eigenvalue weighted by Crippen LogP contribution is -2.03. The summed E-state index contributed by atoms with van der Waals surface area (Å²) in [5, 5.41) is 0. The van der Waals surface area contributed by atoms with E-state index >= 15 is 0 Å². The Morgan fingerprint density at radius 1 is 1.33 bits per heavy atom. The zero-order valence-corrected chi connectivity index (χ0v) is 6.97. The predicted molar refractivity (Wildman–Crippen MR) is 39.6 cm³/mol. The molecule has 0 atom stereocenters. The van der Waals surface area contributed by atoms with Crippen LogP contribution in [0.5, 0.6) is 0 Å². The molecule has 0 aromatic rings. The van der Waals surface area contributed by atoms with Gasteiger partial charge in [0.15, 0.2) is 9.47 Å². The number of aliphatic imine (C=N–C) groups is 1. The van der Waals surface area contributed by atoms with Crippen LogP contribution in [0.4, 0.5) is 0 Å². The van der Waals surface area contributed by atoms with Crippen LogP contribution >= 0.6 is 46.4 Å². The molecule has 0 aromatic heterocycles. The van der Waals surface area contributed by atoms with Crippen molar-refractivity contribution in [2.24, 2.45) is 4.99 Å². The van der Waals surface area contributed by atoms with E-state index in [0.717, 1.165) is 0 Å². The second-order valence-corrected chi connectivity index (χ2v) is 3.00.